The molecule has 0 radical (unpaired) electrons. The fourth-order valence-corrected chi connectivity index (χ4v) is 6.08. The molecule has 0 unspecified atom stereocenters. The summed E-state index contributed by atoms with van der Waals surface area (Å²) in [7, 11) is 0. The van der Waals surface area contributed by atoms with Crippen LogP contribution in [0.1, 0.15) is 37.0 Å². The zero-order valence-electron chi connectivity index (χ0n) is 21.0. The normalized spacial score (nSPS) is 23.5. The number of nitrogens with zero attached hydrogens (tertiary/aromatic N) is 3. The van der Waals surface area contributed by atoms with E-state index in [0.29, 0.717) is 37.9 Å². The Balaban J connectivity index is 1.19. The summed E-state index contributed by atoms with van der Waals surface area (Å²) in [6, 6.07) is 14.8. The van der Waals surface area contributed by atoms with Crippen molar-refractivity contribution in [3.05, 3.63) is 65.2 Å². The van der Waals surface area contributed by atoms with Crippen molar-refractivity contribution in [3.63, 3.8) is 0 Å². The highest BCUT2D eigenvalue weighted by molar-refractivity contribution is 5.82. The number of nitrogens with one attached hydrogen (secondary N) is 1. The molecule has 2 atom stereocenters. The molecular formula is C28H35F3N4O. The molecule has 5 nitrogen and oxygen atoms in total. The van der Waals surface area contributed by atoms with Gasteiger partial charge >= 0.3 is 6.18 Å². The number of halogens is 3. The average Bonchev–Trinajstić information content (AvgIpc) is 3.47. The maximum absolute atomic E-state index is 13.6. The number of fused-ring (bicyclic) bond motifs is 1. The first kappa shape index (κ1) is 25.1. The van der Waals surface area contributed by atoms with Crippen molar-refractivity contribution >= 4 is 11.6 Å². The highest BCUT2D eigenvalue weighted by Crippen LogP contribution is 2.32. The van der Waals surface area contributed by atoms with E-state index >= 15 is 0 Å². The number of hydrogen-bond donors (Lipinski definition) is 1. The molecule has 5 rings (SSSR count). The second-order valence-electron chi connectivity index (χ2n) is 10.6. The van der Waals surface area contributed by atoms with Gasteiger partial charge in [0.2, 0.25) is 5.91 Å². The minimum absolute atomic E-state index is 0.145. The van der Waals surface area contributed by atoms with E-state index in [-0.39, 0.29) is 24.0 Å². The van der Waals surface area contributed by atoms with Crippen LogP contribution in [0.25, 0.3) is 0 Å². The van der Waals surface area contributed by atoms with Crippen LogP contribution < -0.4 is 10.2 Å². The van der Waals surface area contributed by atoms with E-state index in [4.69, 9.17) is 0 Å². The highest BCUT2D eigenvalue weighted by Gasteiger charge is 2.41. The second kappa shape index (κ2) is 10.1. The van der Waals surface area contributed by atoms with Gasteiger partial charge in [0.25, 0.3) is 0 Å². The van der Waals surface area contributed by atoms with Gasteiger partial charge in [-0.2, -0.15) is 13.2 Å². The van der Waals surface area contributed by atoms with E-state index in [1.54, 1.807) is 6.07 Å². The molecule has 1 amide bonds. The van der Waals surface area contributed by atoms with Crippen LogP contribution in [0.4, 0.5) is 18.9 Å². The first-order chi connectivity index (χ1) is 17.2. The van der Waals surface area contributed by atoms with E-state index in [9.17, 15) is 18.0 Å². The average molecular weight is 501 g/mol. The number of benzene rings is 2. The molecule has 1 aliphatic carbocycles. The summed E-state index contributed by atoms with van der Waals surface area (Å²) < 4.78 is 39.4. The number of carbonyl (C=O) groups is 1. The van der Waals surface area contributed by atoms with E-state index in [1.165, 1.54) is 23.3 Å². The molecule has 0 bridgehead atoms. The smallest absolute Gasteiger partial charge is 0.368 e. The van der Waals surface area contributed by atoms with E-state index < -0.39 is 11.7 Å². The summed E-state index contributed by atoms with van der Waals surface area (Å²) in [4.78, 5) is 19.7. The molecule has 2 aromatic carbocycles. The van der Waals surface area contributed by atoms with Gasteiger partial charge in [0.05, 0.1) is 11.6 Å². The van der Waals surface area contributed by atoms with E-state index in [2.05, 4.69) is 48.3 Å². The molecule has 2 heterocycles. The highest BCUT2D eigenvalue weighted by atomic mass is 19.4. The molecule has 2 aliphatic heterocycles. The largest absolute Gasteiger partial charge is 0.416 e. The summed E-state index contributed by atoms with van der Waals surface area (Å²) in [5.41, 5.74) is 2.75. The van der Waals surface area contributed by atoms with Gasteiger partial charge in [0, 0.05) is 56.5 Å². The van der Waals surface area contributed by atoms with Gasteiger partial charge in [-0.05, 0) is 62.4 Å². The molecule has 8 heteroatoms. The van der Waals surface area contributed by atoms with Gasteiger partial charge in [-0.25, -0.2) is 0 Å². The van der Waals surface area contributed by atoms with Crippen LogP contribution in [0.15, 0.2) is 48.5 Å². The van der Waals surface area contributed by atoms with Crippen molar-refractivity contribution in [2.75, 3.05) is 37.6 Å². The van der Waals surface area contributed by atoms with Crippen LogP contribution in [-0.4, -0.2) is 72.6 Å². The Bertz CT molecular complexity index is 1060. The fourth-order valence-electron chi connectivity index (χ4n) is 6.08. The Labute approximate surface area is 211 Å². The lowest BCUT2D eigenvalue weighted by Gasteiger charge is -2.39. The first-order valence-electron chi connectivity index (χ1n) is 13.0. The minimum atomic E-state index is -4.36. The Morgan fingerprint density at radius 1 is 0.944 bits per heavy atom. The number of anilines is 1. The lowest BCUT2D eigenvalue weighted by atomic mass is 10.1. The third kappa shape index (κ3) is 5.25. The standard InChI is InChI=1S/C28H35F3N4O/c1-19(2)35-18-24(32-23-14-20-6-3-4-7-21(20)15-23)17-26(35)27(36)34-12-10-33(11-13-34)25-9-5-8-22(16-25)28(29,30)31/h3-9,16,19,23-24,26,32H,10-15,17-18H2,1-2H3/t24-,26-/m0/s1. The predicted octanol–water partition coefficient (Wildman–Crippen LogP) is 3.96. The zero-order valence-corrected chi connectivity index (χ0v) is 21.0. The van der Waals surface area contributed by atoms with Crippen molar-refractivity contribution in [3.8, 4) is 0 Å². The Morgan fingerprint density at radius 2 is 1.61 bits per heavy atom. The van der Waals surface area contributed by atoms with Crippen LogP contribution in [0.5, 0.6) is 0 Å². The van der Waals surface area contributed by atoms with Gasteiger partial charge in [-0.3, -0.25) is 9.69 Å². The molecule has 194 valence electrons. The van der Waals surface area contributed by atoms with Crippen LogP contribution in [0.2, 0.25) is 0 Å². The molecule has 0 aromatic heterocycles. The maximum Gasteiger partial charge on any atom is 0.416 e. The predicted molar refractivity (Wildman–Crippen MR) is 135 cm³/mol. The van der Waals surface area contributed by atoms with Crippen LogP contribution in [0.3, 0.4) is 0 Å². The lowest BCUT2D eigenvalue weighted by Crippen LogP contribution is -2.54. The number of rotatable bonds is 5. The van der Waals surface area contributed by atoms with Crippen molar-refractivity contribution in [2.45, 2.75) is 63.5 Å². The second-order valence-corrected chi connectivity index (χ2v) is 10.6. The molecule has 0 spiro atoms. The van der Waals surface area contributed by atoms with Crippen molar-refractivity contribution < 1.29 is 18.0 Å². The SMILES string of the molecule is CC(C)N1C[C@@H](NC2Cc3ccccc3C2)C[C@H]1C(=O)N1CCN(c2cccc(C(F)(F)F)c2)CC1. The molecular weight excluding hydrogens is 465 g/mol. The summed E-state index contributed by atoms with van der Waals surface area (Å²) in [5, 5.41) is 3.83. The lowest BCUT2D eigenvalue weighted by molar-refractivity contribution is -0.137. The molecule has 2 fully saturated rings. The van der Waals surface area contributed by atoms with Crippen LogP contribution in [0, 0.1) is 0 Å². The molecule has 2 saturated heterocycles. The summed E-state index contributed by atoms with van der Waals surface area (Å²) >= 11 is 0. The summed E-state index contributed by atoms with van der Waals surface area (Å²) in [5.74, 6) is 0.145. The fraction of sp³-hybridized carbons (Fsp3) is 0.536. The third-order valence-electron chi connectivity index (χ3n) is 7.94. The number of hydrogen-bond acceptors (Lipinski definition) is 4. The van der Waals surface area contributed by atoms with Gasteiger partial charge in [-0.15, -0.1) is 0 Å². The number of carbonyl (C=O) groups excluding carboxylic acids is 1. The maximum atomic E-state index is 13.6. The third-order valence-corrected chi connectivity index (χ3v) is 7.94. The summed E-state index contributed by atoms with van der Waals surface area (Å²) in [6.45, 7) is 7.23. The number of amides is 1. The first-order valence-corrected chi connectivity index (χ1v) is 13.0. The van der Waals surface area contributed by atoms with Crippen LogP contribution in [-0.2, 0) is 23.8 Å². The van der Waals surface area contributed by atoms with Gasteiger partial charge in [0.1, 0.15) is 0 Å². The van der Waals surface area contributed by atoms with E-state index in [0.717, 1.165) is 31.9 Å². The Morgan fingerprint density at radius 3 is 2.22 bits per heavy atom. The van der Waals surface area contributed by atoms with Gasteiger partial charge < -0.3 is 15.1 Å². The Hall–Kier alpha value is -2.58. The van der Waals surface area contributed by atoms with Crippen molar-refractivity contribution in [1.82, 2.24) is 15.1 Å². The quantitative estimate of drug-likeness (QED) is 0.675. The minimum Gasteiger partial charge on any atom is -0.368 e. The number of piperazine rings is 1. The monoisotopic (exact) mass is 500 g/mol. The molecule has 36 heavy (non-hydrogen) atoms. The molecule has 1 N–H and O–H groups in total. The van der Waals surface area contributed by atoms with Crippen molar-refractivity contribution in [2.24, 2.45) is 0 Å². The topological polar surface area (TPSA) is 38.8 Å². The number of likely N-dealkylation sites (tertiary alicyclic amines) is 1. The molecule has 3 aliphatic rings. The Kier molecular flexibility index (Phi) is 7.01. The van der Waals surface area contributed by atoms with Crippen molar-refractivity contribution in [1.29, 1.82) is 0 Å². The molecule has 0 saturated carbocycles. The van der Waals surface area contributed by atoms with Gasteiger partial charge in [-0.1, -0.05) is 30.3 Å². The van der Waals surface area contributed by atoms with Gasteiger partial charge in [0.15, 0.2) is 0 Å². The summed E-state index contributed by atoms with van der Waals surface area (Å²) in [6.07, 6.45) is -1.50. The zero-order chi connectivity index (χ0) is 25.4. The molecule has 2 aromatic rings. The van der Waals surface area contributed by atoms with E-state index in [1.807, 2.05) is 9.80 Å². The number of alkyl halides is 3. The van der Waals surface area contributed by atoms with Crippen LogP contribution >= 0.6 is 0 Å².